The number of rotatable bonds is 5. The zero-order valence-corrected chi connectivity index (χ0v) is 16.7. The van der Waals surface area contributed by atoms with Crippen LogP contribution in [0.25, 0.3) is 22.0 Å². The first-order valence-electron chi connectivity index (χ1n) is 9.10. The van der Waals surface area contributed by atoms with Crippen molar-refractivity contribution in [1.82, 2.24) is 9.55 Å². The van der Waals surface area contributed by atoms with E-state index in [0.717, 1.165) is 6.07 Å². The largest absolute Gasteiger partial charge is 0.416 e. The zero-order valence-electron chi connectivity index (χ0n) is 16.7. The van der Waals surface area contributed by atoms with Gasteiger partial charge in [0.05, 0.1) is 22.5 Å². The minimum Gasteiger partial charge on any atom is -0.416 e. The van der Waals surface area contributed by atoms with Crippen LogP contribution in [-0.2, 0) is 11.3 Å². The van der Waals surface area contributed by atoms with E-state index in [0.29, 0.717) is 29.3 Å². The fourth-order valence-electron chi connectivity index (χ4n) is 3.06. The van der Waals surface area contributed by atoms with Crippen molar-refractivity contribution < 1.29 is 18.3 Å². The number of nitrogens with zero attached hydrogens (tertiary/aromatic N) is 2. The Labute approximate surface area is 171 Å². The van der Waals surface area contributed by atoms with E-state index < -0.39 is 23.3 Å². The molecule has 156 valence electrons. The van der Waals surface area contributed by atoms with Gasteiger partial charge in [-0.2, -0.15) is 0 Å². The van der Waals surface area contributed by atoms with Crippen molar-refractivity contribution in [2.24, 2.45) is 0 Å². The van der Waals surface area contributed by atoms with Gasteiger partial charge in [0.25, 0.3) is 5.56 Å². The number of hydrogen-bond acceptors (Lipinski definition) is 5. The van der Waals surface area contributed by atoms with Crippen LogP contribution in [0.15, 0.2) is 47.6 Å². The molecule has 9 heteroatoms. The Hall–Kier alpha value is -3.75. The maximum atomic E-state index is 14.6. The summed E-state index contributed by atoms with van der Waals surface area (Å²) in [6, 6.07) is 4.87. The highest BCUT2D eigenvalue weighted by Crippen LogP contribution is 2.29. The first-order valence-corrected chi connectivity index (χ1v) is 9.10. The minimum absolute atomic E-state index is 0.0113. The maximum Gasteiger partial charge on any atom is 0.416 e. The van der Waals surface area contributed by atoms with Crippen molar-refractivity contribution in [3.8, 4) is 11.1 Å². The lowest BCUT2D eigenvalue weighted by molar-refractivity contribution is 0.192. The summed E-state index contributed by atoms with van der Waals surface area (Å²) in [5, 5.41) is 5.69. The fraction of sp³-hybridized carbons (Fsp3) is 0.190. The molecule has 0 aliphatic carbocycles. The van der Waals surface area contributed by atoms with Gasteiger partial charge in [0.2, 0.25) is 0 Å². The standard InChI is InChI=1S/C21H20F2N4O3/c1-5-27-18-9-19(24-4)25-10-12(18)6-14(20(27)28)13-7-17(16(23)8-15(13)22)26-21(29)30-11(2)3/h6-10H,2,5H2,1,3-4H3,(H,24,25)(H,26,29). The molecule has 0 bridgehead atoms. The summed E-state index contributed by atoms with van der Waals surface area (Å²) in [6.45, 7) is 6.98. The Kier molecular flexibility index (Phi) is 5.81. The highest BCUT2D eigenvalue weighted by molar-refractivity contribution is 5.88. The number of pyridine rings is 2. The van der Waals surface area contributed by atoms with Crippen LogP contribution in [0.2, 0.25) is 0 Å². The molecule has 0 unspecified atom stereocenters. The quantitative estimate of drug-likeness (QED) is 0.601. The van der Waals surface area contributed by atoms with E-state index in [-0.39, 0.29) is 22.6 Å². The molecule has 0 radical (unpaired) electrons. The monoisotopic (exact) mass is 414 g/mol. The van der Waals surface area contributed by atoms with E-state index in [4.69, 9.17) is 4.74 Å². The molecule has 0 aliphatic heterocycles. The van der Waals surface area contributed by atoms with Gasteiger partial charge in [0, 0.05) is 42.9 Å². The average Bonchev–Trinajstić information content (AvgIpc) is 2.69. The number of hydrogen-bond donors (Lipinski definition) is 2. The third kappa shape index (κ3) is 4.00. The normalized spacial score (nSPS) is 10.7. The molecular weight excluding hydrogens is 394 g/mol. The van der Waals surface area contributed by atoms with Crippen LogP contribution >= 0.6 is 0 Å². The SMILES string of the molecule is C=C(C)OC(=O)Nc1cc(-c2cc3cnc(NC)cc3n(CC)c2=O)c(F)cc1F. The van der Waals surface area contributed by atoms with Crippen LogP contribution in [0.1, 0.15) is 13.8 Å². The lowest BCUT2D eigenvalue weighted by atomic mass is 10.0. The molecule has 0 spiro atoms. The topological polar surface area (TPSA) is 85.2 Å². The van der Waals surface area contributed by atoms with E-state index in [1.54, 1.807) is 26.2 Å². The van der Waals surface area contributed by atoms with Gasteiger partial charge < -0.3 is 14.6 Å². The highest BCUT2D eigenvalue weighted by Gasteiger charge is 2.18. The number of nitrogens with one attached hydrogen (secondary N) is 2. The molecule has 2 heterocycles. The molecular formula is C21H20F2N4O3. The second kappa shape index (κ2) is 8.32. The second-order valence-electron chi connectivity index (χ2n) is 6.51. The molecule has 1 amide bonds. The van der Waals surface area contributed by atoms with Crippen LogP contribution in [0.4, 0.5) is 25.1 Å². The predicted molar refractivity (Wildman–Crippen MR) is 111 cm³/mol. The molecule has 0 saturated carbocycles. The molecule has 3 rings (SSSR count). The third-order valence-electron chi connectivity index (χ3n) is 4.40. The van der Waals surface area contributed by atoms with Crippen LogP contribution in [0.3, 0.4) is 0 Å². The summed E-state index contributed by atoms with van der Waals surface area (Å²) in [5.74, 6) is -1.27. The number of ether oxygens (including phenoxy) is 1. The lowest BCUT2D eigenvalue weighted by Gasteiger charge is -2.14. The van der Waals surface area contributed by atoms with Gasteiger partial charge in [0.1, 0.15) is 17.5 Å². The van der Waals surface area contributed by atoms with Crippen LogP contribution < -0.4 is 16.2 Å². The molecule has 0 atom stereocenters. The summed E-state index contributed by atoms with van der Waals surface area (Å²) in [6.07, 6.45) is 0.577. The Morgan fingerprint density at radius 3 is 2.57 bits per heavy atom. The smallest absolute Gasteiger partial charge is 0.416 e. The van der Waals surface area contributed by atoms with Crippen molar-refractivity contribution in [2.45, 2.75) is 20.4 Å². The Morgan fingerprint density at radius 2 is 1.93 bits per heavy atom. The van der Waals surface area contributed by atoms with Crippen LogP contribution in [0, 0.1) is 11.6 Å². The number of anilines is 2. The second-order valence-corrected chi connectivity index (χ2v) is 6.51. The molecule has 1 aromatic carbocycles. The van der Waals surface area contributed by atoms with E-state index in [9.17, 15) is 18.4 Å². The van der Waals surface area contributed by atoms with E-state index in [1.165, 1.54) is 17.6 Å². The number of fused-ring (bicyclic) bond motifs is 1. The molecule has 30 heavy (non-hydrogen) atoms. The van der Waals surface area contributed by atoms with Crippen LogP contribution in [0.5, 0.6) is 0 Å². The molecule has 3 aromatic rings. The average molecular weight is 414 g/mol. The van der Waals surface area contributed by atoms with Crippen molar-refractivity contribution in [3.63, 3.8) is 0 Å². The van der Waals surface area contributed by atoms with E-state index in [2.05, 4.69) is 22.2 Å². The minimum atomic E-state index is -1.01. The van der Waals surface area contributed by atoms with Gasteiger partial charge in [-0.1, -0.05) is 6.58 Å². The summed E-state index contributed by atoms with van der Waals surface area (Å²) < 4.78 is 35.0. The molecule has 2 N–H and O–H groups in total. The molecule has 0 fully saturated rings. The van der Waals surface area contributed by atoms with Gasteiger partial charge in [-0.05, 0) is 26.0 Å². The number of carbonyl (C=O) groups excluding carboxylic acids is 1. The van der Waals surface area contributed by atoms with Crippen molar-refractivity contribution >= 4 is 28.5 Å². The Bertz CT molecular complexity index is 1220. The fourth-order valence-corrected chi connectivity index (χ4v) is 3.06. The number of halogens is 2. The highest BCUT2D eigenvalue weighted by atomic mass is 19.1. The molecule has 2 aromatic heterocycles. The number of aromatic nitrogens is 2. The summed E-state index contributed by atoms with van der Waals surface area (Å²) >= 11 is 0. The van der Waals surface area contributed by atoms with Gasteiger partial charge in [-0.15, -0.1) is 0 Å². The zero-order chi connectivity index (χ0) is 22.0. The number of aryl methyl sites for hydroxylation is 1. The maximum absolute atomic E-state index is 14.6. The summed E-state index contributed by atoms with van der Waals surface area (Å²) in [5.41, 5.74) is -0.314. The van der Waals surface area contributed by atoms with Gasteiger partial charge >= 0.3 is 6.09 Å². The van der Waals surface area contributed by atoms with E-state index in [1.807, 2.05) is 0 Å². The van der Waals surface area contributed by atoms with Crippen LogP contribution in [-0.4, -0.2) is 22.7 Å². The van der Waals surface area contributed by atoms with Gasteiger partial charge in [-0.3, -0.25) is 10.1 Å². The summed E-state index contributed by atoms with van der Waals surface area (Å²) in [4.78, 5) is 29.1. The predicted octanol–water partition coefficient (Wildman–Crippen LogP) is 4.49. The number of benzene rings is 1. The first-order chi connectivity index (χ1) is 14.2. The number of carbonyl (C=O) groups is 1. The number of amides is 1. The Balaban J connectivity index is 2.18. The Morgan fingerprint density at radius 1 is 1.20 bits per heavy atom. The van der Waals surface area contributed by atoms with Crippen molar-refractivity contribution in [3.05, 3.63) is 64.8 Å². The molecule has 0 saturated heterocycles. The summed E-state index contributed by atoms with van der Waals surface area (Å²) in [7, 11) is 1.71. The molecule has 0 aliphatic rings. The van der Waals surface area contributed by atoms with E-state index >= 15 is 0 Å². The van der Waals surface area contributed by atoms with Crippen molar-refractivity contribution in [1.29, 1.82) is 0 Å². The number of allylic oxidation sites excluding steroid dienone is 1. The van der Waals surface area contributed by atoms with Gasteiger partial charge in [0.15, 0.2) is 0 Å². The molecule has 7 nitrogen and oxygen atoms in total. The lowest BCUT2D eigenvalue weighted by Crippen LogP contribution is -2.22. The first kappa shape index (κ1) is 21.0. The third-order valence-corrected chi connectivity index (χ3v) is 4.40. The van der Waals surface area contributed by atoms with Gasteiger partial charge in [-0.25, -0.2) is 18.6 Å². The van der Waals surface area contributed by atoms with Crippen molar-refractivity contribution in [2.75, 3.05) is 17.7 Å².